The Hall–Kier alpha value is -2.13. The molecule has 28 heavy (non-hydrogen) atoms. The second-order valence-corrected chi connectivity index (χ2v) is 7.35. The van der Waals surface area contributed by atoms with Gasteiger partial charge < -0.3 is 25.5 Å². The van der Waals surface area contributed by atoms with Crippen molar-refractivity contribution < 1.29 is 9.47 Å². The molecule has 9 nitrogen and oxygen atoms in total. The van der Waals surface area contributed by atoms with Crippen LogP contribution in [0.4, 0.5) is 5.82 Å². The average Bonchev–Trinajstić information content (AvgIpc) is 3.02. The van der Waals surface area contributed by atoms with Crippen LogP contribution in [0.25, 0.3) is 11.2 Å². The molecule has 1 aliphatic heterocycles. The summed E-state index contributed by atoms with van der Waals surface area (Å²) in [6.07, 6.45) is 6.33. The molecule has 0 amide bonds. The quantitative estimate of drug-likeness (QED) is 0.498. The first-order valence-corrected chi connectivity index (χ1v) is 10.4. The van der Waals surface area contributed by atoms with Gasteiger partial charge in [-0.2, -0.15) is 9.97 Å². The minimum absolute atomic E-state index is 0.221. The predicted octanol–water partition coefficient (Wildman–Crippen LogP) is 1.68. The van der Waals surface area contributed by atoms with E-state index in [-0.39, 0.29) is 17.5 Å². The molecule has 156 valence electrons. The number of hydrogen-bond donors (Lipinski definition) is 3. The number of ether oxygens (including phenoxy) is 2. The third-order valence-corrected chi connectivity index (χ3v) is 5.08. The number of fused-ring (bicyclic) bond motifs is 1. The van der Waals surface area contributed by atoms with Crippen LogP contribution in [0.15, 0.2) is 4.79 Å². The summed E-state index contributed by atoms with van der Waals surface area (Å²) in [5.74, 6) is 0.906. The Morgan fingerprint density at radius 1 is 1.36 bits per heavy atom. The lowest BCUT2D eigenvalue weighted by Gasteiger charge is -2.21. The molecule has 1 atom stereocenters. The Morgan fingerprint density at radius 2 is 2.25 bits per heavy atom. The summed E-state index contributed by atoms with van der Waals surface area (Å²) in [6, 6.07) is 0.221. The van der Waals surface area contributed by atoms with Crippen molar-refractivity contribution in [3.8, 4) is 6.01 Å². The lowest BCUT2D eigenvalue weighted by atomic mass is 9.99. The second-order valence-electron chi connectivity index (χ2n) is 7.35. The summed E-state index contributed by atoms with van der Waals surface area (Å²) < 4.78 is 12.7. The van der Waals surface area contributed by atoms with Gasteiger partial charge in [0.05, 0.1) is 6.61 Å². The van der Waals surface area contributed by atoms with Gasteiger partial charge in [-0.25, -0.2) is 4.79 Å². The van der Waals surface area contributed by atoms with Gasteiger partial charge in [-0.1, -0.05) is 13.3 Å². The largest absolute Gasteiger partial charge is 0.463 e. The van der Waals surface area contributed by atoms with Crippen LogP contribution in [-0.2, 0) is 11.3 Å². The Bertz CT molecular complexity index is 797. The molecular weight excluding hydrogens is 360 g/mol. The highest BCUT2D eigenvalue weighted by atomic mass is 16.5. The maximum absolute atomic E-state index is 12.3. The molecule has 4 N–H and O–H groups in total. The standard InChI is InChI=1S/C19H32N6O3/c1-2-3-12-28-18-23-16(20)15-17(24-18)25(19(26)22-15)10-5-8-21-9-7-14-6-4-11-27-13-14/h14,21H,2-13H2,1H3,(H,22,26)(H2,20,23,24). The van der Waals surface area contributed by atoms with Crippen molar-refractivity contribution in [2.45, 2.75) is 52.0 Å². The van der Waals surface area contributed by atoms with E-state index >= 15 is 0 Å². The molecule has 1 aliphatic rings. The Kier molecular flexibility index (Phi) is 7.67. The molecular formula is C19H32N6O3. The van der Waals surface area contributed by atoms with Gasteiger partial charge in [0.15, 0.2) is 11.5 Å². The molecule has 3 heterocycles. The molecule has 0 radical (unpaired) electrons. The fourth-order valence-corrected chi connectivity index (χ4v) is 3.44. The number of unbranched alkanes of at least 4 members (excludes halogenated alkanes) is 1. The smallest absolute Gasteiger partial charge is 0.327 e. The fourth-order valence-electron chi connectivity index (χ4n) is 3.44. The topological polar surface area (TPSA) is 120 Å². The first kappa shape index (κ1) is 20.6. The van der Waals surface area contributed by atoms with Gasteiger partial charge in [-0.05, 0) is 51.1 Å². The summed E-state index contributed by atoms with van der Waals surface area (Å²) >= 11 is 0. The fraction of sp³-hybridized carbons (Fsp3) is 0.737. The van der Waals surface area contributed by atoms with Crippen LogP contribution in [0.3, 0.4) is 0 Å². The van der Waals surface area contributed by atoms with E-state index in [2.05, 4.69) is 27.2 Å². The van der Waals surface area contributed by atoms with Crippen molar-refractivity contribution in [2.75, 3.05) is 38.6 Å². The van der Waals surface area contributed by atoms with Crippen LogP contribution in [0, 0.1) is 5.92 Å². The molecule has 0 bridgehead atoms. The highest BCUT2D eigenvalue weighted by Gasteiger charge is 2.15. The minimum atomic E-state index is -0.221. The molecule has 3 rings (SSSR count). The van der Waals surface area contributed by atoms with Crippen molar-refractivity contribution in [1.82, 2.24) is 24.8 Å². The molecule has 1 unspecified atom stereocenters. The average molecular weight is 393 g/mol. The van der Waals surface area contributed by atoms with E-state index in [1.165, 1.54) is 12.8 Å². The summed E-state index contributed by atoms with van der Waals surface area (Å²) in [4.78, 5) is 23.6. The molecule has 0 spiro atoms. The maximum Gasteiger partial charge on any atom is 0.327 e. The lowest BCUT2D eigenvalue weighted by molar-refractivity contribution is 0.0518. The molecule has 2 aromatic rings. The van der Waals surface area contributed by atoms with E-state index in [0.29, 0.717) is 30.2 Å². The van der Waals surface area contributed by atoms with Gasteiger partial charge in [0.2, 0.25) is 0 Å². The third-order valence-electron chi connectivity index (χ3n) is 5.08. The number of nitrogen functional groups attached to an aromatic ring is 1. The zero-order valence-corrected chi connectivity index (χ0v) is 16.7. The summed E-state index contributed by atoms with van der Waals surface area (Å²) in [7, 11) is 0. The first-order valence-electron chi connectivity index (χ1n) is 10.4. The zero-order chi connectivity index (χ0) is 19.8. The van der Waals surface area contributed by atoms with Crippen LogP contribution in [0.1, 0.15) is 45.4 Å². The van der Waals surface area contributed by atoms with E-state index in [1.54, 1.807) is 4.57 Å². The van der Waals surface area contributed by atoms with Crippen molar-refractivity contribution >= 4 is 17.0 Å². The van der Waals surface area contributed by atoms with Gasteiger partial charge in [0, 0.05) is 19.8 Å². The van der Waals surface area contributed by atoms with Crippen LogP contribution in [-0.4, -0.2) is 52.4 Å². The minimum Gasteiger partial charge on any atom is -0.463 e. The zero-order valence-electron chi connectivity index (χ0n) is 16.7. The van der Waals surface area contributed by atoms with Gasteiger partial charge in [0.25, 0.3) is 0 Å². The number of hydrogen-bond acceptors (Lipinski definition) is 7. The van der Waals surface area contributed by atoms with E-state index in [1.807, 2.05) is 0 Å². The van der Waals surface area contributed by atoms with Gasteiger partial charge in [0.1, 0.15) is 5.52 Å². The maximum atomic E-state index is 12.3. The van der Waals surface area contributed by atoms with E-state index in [0.717, 1.165) is 52.0 Å². The molecule has 0 aliphatic carbocycles. The van der Waals surface area contributed by atoms with Crippen LogP contribution >= 0.6 is 0 Å². The number of anilines is 1. The highest BCUT2D eigenvalue weighted by Crippen LogP contribution is 2.18. The number of nitrogens with one attached hydrogen (secondary N) is 2. The monoisotopic (exact) mass is 392 g/mol. The Balaban J connectivity index is 1.51. The Labute approximate surface area is 165 Å². The number of H-pyrrole nitrogens is 1. The normalized spacial score (nSPS) is 17.2. The number of nitrogens with two attached hydrogens (primary N) is 1. The van der Waals surface area contributed by atoms with Gasteiger partial charge >= 0.3 is 11.7 Å². The SMILES string of the molecule is CCCCOc1nc(N)c2[nH]c(=O)n(CCCNCCC3CCCOC3)c2n1. The molecule has 9 heteroatoms. The molecule has 1 saturated heterocycles. The second kappa shape index (κ2) is 10.4. The first-order chi connectivity index (χ1) is 13.7. The van der Waals surface area contributed by atoms with E-state index < -0.39 is 0 Å². The number of aromatic nitrogens is 4. The van der Waals surface area contributed by atoms with Crippen LogP contribution < -0.4 is 21.5 Å². The molecule has 1 fully saturated rings. The highest BCUT2D eigenvalue weighted by molar-refractivity contribution is 5.81. The van der Waals surface area contributed by atoms with Crippen molar-refractivity contribution in [2.24, 2.45) is 5.92 Å². The summed E-state index contributed by atoms with van der Waals surface area (Å²) in [5.41, 5.74) is 6.72. The van der Waals surface area contributed by atoms with E-state index in [9.17, 15) is 4.79 Å². The number of nitrogens with zero attached hydrogens (tertiary/aromatic N) is 3. The van der Waals surface area contributed by atoms with E-state index in [4.69, 9.17) is 15.2 Å². The van der Waals surface area contributed by atoms with Crippen LogP contribution in [0.5, 0.6) is 6.01 Å². The van der Waals surface area contributed by atoms with Gasteiger partial charge in [-0.3, -0.25) is 4.57 Å². The summed E-state index contributed by atoms with van der Waals surface area (Å²) in [6.45, 7) is 6.78. The van der Waals surface area contributed by atoms with Crippen molar-refractivity contribution in [3.05, 3.63) is 10.5 Å². The number of aryl methyl sites for hydroxylation is 1. The number of aromatic amines is 1. The number of imidazole rings is 1. The van der Waals surface area contributed by atoms with Crippen molar-refractivity contribution in [1.29, 1.82) is 0 Å². The number of rotatable bonds is 11. The molecule has 0 saturated carbocycles. The lowest BCUT2D eigenvalue weighted by Crippen LogP contribution is -2.25. The third kappa shape index (κ3) is 5.45. The molecule has 2 aromatic heterocycles. The predicted molar refractivity (Wildman–Crippen MR) is 109 cm³/mol. The molecule has 0 aromatic carbocycles. The van der Waals surface area contributed by atoms with Gasteiger partial charge in [-0.15, -0.1) is 0 Å². The summed E-state index contributed by atoms with van der Waals surface area (Å²) in [5, 5.41) is 3.46. The Morgan fingerprint density at radius 3 is 3.04 bits per heavy atom. The van der Waals surface area contributed by atoms with Crippen LogP contribution in [0.2, 0.25) is 0 Å². The van der Waals surface area contributed by atoms with Crippen molar-refractivity contribution in [3.63, 3.8) is 0 Å².